The van der Waals surface area contributed by atoms with Crippen LogP contribution in [-0.4, -0.2) is 22.3 Å². The third-order valence-electron chi connectivity index (χ3n) is 1.47. The van der Waals surface area contributed by atoms with Gasteiger partial charge in [0, 0.05) is 10.8 Å². The molecule has 0 aromatic rings. The highest BCUT2D eigenvalue weighted by Gasteiger charge is 2.04. The van der Waals surface area contributed by atoms with Gasteiger partial charge in [0.15, 0.2) is 0 Å². The van der Waals surface area contributed by atoms with Crippen molar-refractivity contribution in [2.75, 3.05) is 22.3 Å². The average molecular weight is 238 g/mol. The largest absolute Gasteiger partial charge is 0.179 e. The molecule has 0 saturated carbocycles. The van der Waals surface area contributed by atoms with E-state index in [9.17, 15) is 0 Å². The fourth-order valence-corrected chi connectivity index (χ4v) is 4.20. The number of thioether (sulfide) groups is 3. The maximum absolute atomic E-state index is 4.17. The second-order valence-electron chi connectivity index (χ2n) is 2.45. The van der Waals surface area contributed by atoms with Gasteiger partial charge >= 0.3 is 0 Å². The smallest absolute Gasteiger partial charge is 0.0478 e. The van der Waals surface area contributed by atoms with Gasteiger partial charge in [-0.25, -0.2) is 0 Å². The van der Waals surface area contributed by atoms with Crippen molar-refractivity contribution in [3.63, 3.8) is 0 Å². The van der Waals surface area contributed by atoms with Gasteiger partial charge in [0.05, 0.1) is 0 Å². The standard InChI is InChI=1S/C8H14S4/c9-3-5-10-4-1-2-8-6-11-7-12-8/h6,9H,1-5,7H2. The van der Waals surface area contributed by atoms with E-state index >= 15 is 0 Å². The zero-order valence-electron chi connectivity index (χ0n) is 6.99. The molecule has 0 atom stereocenters. The molecule has 1 heterocycles. The van der Waals surface area contributed by atoms with E-state index in [0.717, 1.165) is 5.75 Å². The maximum Gasteiger partial charge on any atom is 0.0478 e. The van der Waals surface area contributed by atoms with Crippen LogP contribution < -0.4 is 0 Å². The number of thiol groups is 1. The van der Waals surface area contributed by atoms with Crippen LogP contribution in [0.15, 0.2) is 10.3 Å². The van der Waals surface area contributed by atoms with E-state index in [1.54, 1.807) is 4.91 Å². The number of allylic oxidation sites excluding steroid dienone is 1. The van der Waals surface area contributed by atoms with Crippen LogP contribution in [0.4, 0.5) is 0 Å². The Morgan fingerprint density at radius 3 is 3.08 bits per heavy atom. The average Bonchev–Trinajstić information content (AvgIpc) is 2.57. The molecule has 0 amide bonds. The number of rotatable bonds is 6. The van der Waals surface area contributed by atoms with Crippen molar-refractivity contribution in [3.05, 3.63) is 10.3 Å². The first-order chi connectivity index (χ1) is 5.93. The van der Waals surface area contributed by atoms with Gasteiger partial charge in [-0.3, -0.25) is 0 Å². The maximum atomic E-state index is 4.17. The summed E-state index contributed by atoms with van der Waals surface area (Å²) in [5.41, 5.74) is 0. The molecule has 0 bridgehead atoms. The monoisotopic (exact) mass is 238 g/mol. The summed E-state index contributed by atoms with van der Waals surface area (Å²) in [6.07, 6.45) is 2.62. The lowest BCUT2D eigenvalue weighted by Crippen LogP contribution is -1.85. The van der Waals surface area contributed by atoms with Crippen LogP contribution in [0.25, 0.3) is 0 Å². The highest BCUT2D eigenvalue weighted by Crippen LogP contribution is 2.34. The van der Waals surface area contributed by atoms with Crippen LogP contribution in [0.2, 0.25) is 0 Å². The summed E-state index contributed by atoms with van der Waals surface area (Å²) in [5, 5.41) is 3.55. The summed E-state index contributed by atoms with van der Waals surface area (Å²) < 4.78 is 0. The molecule has 0 unspecified atom stereocenters. The van der Waals surface area contributed by atoms with Gasteiger partial charge in [-0.15, -0.1) is 23.5 Å². The summed E-state index contributed by atoms with van der Waals surface area (Å²) in [4.78, 5) is 1.59. The Labute approximate surface area is 93.1 Å². The lowest BCUT2D eigenvalue weighted by atomic mass is 10.3. The highest BCUT2D eigenvalue weighted by molar-refractivity contribution is 8.22. The molecule has 1 aliphatic rings. The first-order valence-corrected chi connectivity index (χ1v) is 7.87. The number of hydrogen-bond donors (Lipinski definition) is 1. The quantitative estimate of drug-likeness (QED) is 0.554. The van der Waals surface area contributed by atoms with E-state index < -0.39 is 0 Å². The molecule has 0 nitrogen and oxygen atoms in total. The van der Waals surface area contributed by atoms with Gasteiger partial charge in [-0.2, -0.15) is 24.4 Å². The lowest BCUT2D eigenvalue weighted by Gasteiger charge is -2.00. The van der Waals surface area contributed by atoms with Gasteiger partial charge in [0.25, 0.3) is 0 Å². The molecule has 0 saturated heterocycles. The molecule has 12 heavy (non-hydrogen) atoms. The molecule has 0 N–H and O–H groups in total. The third kappa shape index (κ3) is 5.00. The molecule has 70 valence electrons. The molecule has 0 aliphatic carbocycles. The second kappa shape index (κ2) is 7.54. The fourth-order valence-electron chi connectivity index (χ4n) is 0.917. The summed E-state index contributed by atoms with van der Waals surface area (Å²) in [5.74, 6) is 3.51. The Bertz CT molecular complexity index is 144. The van der Waals surface area contributed by atoms with Gasteiger partial charge in [-0.05, 0) is 34.7 Å². The summed E-state index contributed by atoms with van der Waals surface area (Å²) in [7, 11) is 0. The molecule has 0 radical (unpaired) electrons. The lowest BCUT2D eigenvalue weighted by molar-refractivity contribution is 0.963. The van der Waals surface area contributed by atoms with E-state index in [4.69, 9.17) is 0 Å². The molecule has 1 aliphatic heterocycles. The summed E-state index contributed by atoms with van der Waals surface area (Å²) in [6, 6.07) is 0. The minimum atomic E-state index is 1.01. The molecule has 0 spiro atoms. The fraction of sp³-hybridized carbons (Fsp3) is 0.750. The van der Waals surface area contributed by atoms with E-state index in [2.05, 4.69) is 18.0 Å². The molecule has 0 fully saturated rings. The van der Waals surface area contributed by atoms with Crippen LogP contribution in [-0.2, 0) is 0 Å². The van der Waals surface area contributed by atoms with E-state index in [-0.39, 0.29) is 0 Å². The zero-order valence-corrected chi connectivity index (χ0v) is 10.3. The predicted molar refractivity (Wildman–Crippen MR) is 68.5 cm³/mol. The Morgan fingerprint density at radius 1 is 1.50 bits per heavy atom. The molecular formula is C8H14S4. The Morgan fingerprint density at radius 2 is 2.42 bits per heavy atom. The van der Waals surface area contributed by atoms with Crippen molar-refractivity contribution < 1.29 is 0 Å². The molecule has 0 aromatic carbocycles. The number of hydrogen-bond acceptors (Lipinski definition) is 4. The van der Waals surface area contributed by atoms with Crippen LogP contribution in [0, 0.1) is 0 Å². The Kier molecular flexibility index (Phi) is 7.04. The minimum absolute atomic E-state index is 1.01. The van der Waals surface area contributed by atoms with Crippen LogP contribution in [0.5, 0.6) is 0 Å². The zero-order chi connectivity index (χ0) is 8.65. The van der Waals surface area contributed by atoms with E-state index in [1.165, 1.54) is 29.4 Å². The summed E-state index contributed by atoms with van der Waals surface area (Å²) in [6.45, 7) is 0. The molecule has 4 heteroatoms. The minimum Gasteiger partial charge on any atom is -0.179 e. The van der Waals surface area contributed by atoms with Gasteiger partial charge in [-0.1, -0.05) is 0 Å². The van der Waals surface area contributed by atoms with Gasteiger partial charge in [0.2, 0.25) is 0 Å². The second-order valence-corrected chi connectivity index (χ2v) is 6.45. The van der Waals surface area contributed by atoms with E-state index in [0.29, 0.717) is 0 Å². The van der Waals surface area contributed by atoms with Crippen molar-refractivity contribution in [2.45, 2.75) is 12.8 Å². The highest BCUT2D eigenvalue weighted by atomic mass is 32.2. The Hall–Kier alpha value is 1.14. The van der Waals surface area contributed by atoms with Crippen molar-refractivity contribution in [1.82, 2.24) is 0 Å². The first kappa shape index (κ1) is 11.2. The van der Waals surface area contributed by atoms with Crippen LogP contribution in [0.3, 0.4) is 0 Å². The van der Waals surface area contributed by atoms with Gasteiger partial charge in [0.1, 0.15) is 0 Å². The van der Waals surface area contributed by atoms with Crippen molar-refractivity contribution in [1.29, 1.82) is 0 Å². The normalized spacial score (nSPS) is 16.6. The van der Waals surface area contributed by atoms with Crippen molar-refractivity contribution >= 4 is 47.9 Å². The van der Waals surface area contributed by atoms with Crippen molar-refractivity contribution in [3.8, 4) is 0 Å². The predicted octanol–water partition coefficient (Wildman–Crippen LogP) is 3.71. The van der Waals surface area contributed by atoms with Crippen molar-refractivity contribution in [2.24, 2.45) is 0 Å². The van der Waals surface area contributed by atoms with Gasteiger partial charge < -0.3 is 0 Å². The topological polar surface area (TPSA) is 0 Å². The van der Waals surface area contributed by atoms with Crippen LogP contribution >= 0.6 is 47.9 Å². The first-order valence-electron chi connectivity index (χ1n) is 4.05. The molecule has 1 rings (SSSR count). The Balaban J connectivity index is 1.88. The van der Waals surface area contributed by atoms with Crippen LogP contribution in [0.1, 0.15) is 12.8 Å². The molecular weight excluding hydrogens is 224 g/mol. The summed E-state index contributed by atoms with van der Waals surface area (Å²) >= 11 is 10.1. The molecule has 0 aromatic heterocycles. The third-order valence-corrected chi connectivity index (χ3v) is 5.38. The SMILES string of the molecule is SCCSCCCC1=CSCS1. The van der Waals surface area contributed by atoms with E-state index in [1.807, 2.05) is 35.3 Å².